The molecule has 1 aliphatic rings. The van der Waals surface area contributed by atoms with E-state index in [1.807, 2.05) is 0 Å². The number of hydrogen-bond donors (Lipinski definition) is 1. The third kappa shape index (κ3) is 3.59. The van der Waals surface area contributed by atoms with E-state index >= 15 is 0 Å². The molecule has 0 spiro atoms. The molecule has 1 fully saturated rings. The number of hydrogen-bond acceptors (Lipinski definition) is 4. The fraction of sp³-hybridized carbons (Fsp3) is 0.643. The zero-order valence-electron chi connectivity index (χ0n) is 11.7. The predicted octanol–water partition coefficient (Wildman–Crippen LogP) is 2.37. The fourth-order valence-corrected chi connectivity index (χ4v) is 2.60. The Morgan fingerprint density at radius 1 is 1.40 bits per heavy atom. The first kappa shape index (κ1) is 14.6. The van der Waals surface area contributed by atoms with Crippen molar-refractivity contribution >= 4 is 17.7 Å². The van der Waals surface area contributed by atoms with Crippen LogP contribution >= 0.6 is 0 Å². The van der Waals surface area contributed by atoms with E-state index in [4.69, 9.17) is 9.63 Å². The van der Waals surface area contributed by atoms with Gasteiger partial charge < -0.3 is 9.63 Å². The normalized spacial score (nSPS) is 16.1. The highest BCUT2D eigenvalue weighted by Gasteiger charge is 2.28. The van der Waals surface area contributed by atoms with Crippen LogP contribution in [0.25, 0.3) is 0 Å². The molecule has 0 aromatic carbocycles. The maximum atomic E-state index is 12.6. The molecular formula is C14H20N2O4. The number of aliphatic carboxylic acids is 1. The Morgan fingerprint density at radius 3 is 2.65 bits per heavy atom. The molecule has 2 rings (SSSR count). The number of carbonyl (C=O) groups excluding carboxylic acids is 1. The maximum Gasteiger partial charge on any atom is 0.305 e. The average Bonchev–Trinajstić information content (AvgIpc) is 2.86. The van der Waals surface area contributed by atoms with Crippen LogP contribution in [0.4, 0.5) is 5.82 Å². The molecule has 1 aromatic rings. The van der Waals surface area contributed by atoms with Crippen molar-refractivity contribution < 1.29 is 19.2 Å². The summed E-state index contributed by atoms with van der Waals surface area (Å²) in [6.45, 7) is 1.88. The molecule has 6 nitrogen and oxygen atoms in total. The van der Waals surface area contributed by atoms with Gasteiger partial charge in [0.2, 0.25) is 5.91 Å². The van der Waals surface area contributed by atoms with Crippen molar-refractivity contribution in [3.05, 3.63) is 11.8 Å². The van der Waals surface area contributed by atoms with Crippen molar-refractivity contribution in [2.75, 3.05) is 11.4 Å². The Kier molecular flexibility index (Phi) is 4.76. The molecule has 1 aliphatic carbocycles. The highest BCUT2D eigenvalue weighted by Crippen LogP contribution is 2.27. The van der Waals surface area contributed by atoms with Gasteiger partial charge in [-0.05, 0) is 19.8 Å². The van der Waals surface area contributed by atoms with Crippen LogP contribution in [0.15, 0.2) is 10.6 Å². The summed E-state index contributed by atoms with van der Waals surface area (Å²) in [5.74, 6) is 0.0524. The van der Waals surface area contributed by atoms with E-state index in [0.29, 0.717) is 11.6 Å². The summed E-state index contributed by atoms with van der Waals surface area (Å²) in [7, 11) is 0. The molecule has 0 unspecified atom stereocenters. The minimum absolute atomic E-state index is 0.0189. The van der Waals surface area contributed by atoms with Gasteiger partial charge in [-0.3, -0.25) is 14.5 Å². The van der Waals surface area contributed by atoms with Gasteiger partial charge in [0.1, 0.15) is 5.76 Å². The van der Waals surface area contributed by atoms with Gasteiger partial charge in [0.05, 0.1) is 6.42 Å². The molecule has 0 saturated heterocycles. The maximum absolute atomic E-state index is 12.6. The molecule has 20 heavy (non-hydrogen) atoms. The van der Waals surface area contributed by atoms with E-state index in [1.165, 1.54) is 11.3 Å². The molecule has 1 amide bonds. The van der Waals surface area contributed by atoms with Crippen LogP contribution < -0.4 is 4.90 Å². The van der Waals surface area contributed by atoms with Gasteiger partial charge >= 0.3 is 5.97 Å². The van der Waals surface area contributed by atoms with E-state index in [9.17, 15) is 9.59 Å². The molecule has 0 bridgehead atoms. The predicted molar refractivity (Wildman–Crippen MR) is 72.4 cm³/mol. The lowest BCUT2D eigenvalue weighted by molar-refractivity contribution is -0.136. The SMILES string of the molecule is Cc1cc(N(CCC(=O)O)C(=O)C2CCCCC2)no1. The lowest BCUT2D eigenvalue weighted by Gasteiger charge is -2.27. The van der Waals surface area contributed by atoms with Crippen LogP contribution in [0.5, 0.6) is 0 Å². The topological polar surface area (TPSA) is 83.6 Å². The molecule has 6 heteroatoms. The minimum atomic E-state index is -0.924. The number of amides is 1. The monoisotopic (exact) mass is 280 g/mol. The van der Waals surface area contributed by atoms with Crippen LogP contribution in [-0.4, -0.2) is 28.7 Å². The van der Waals surface area contributed by atoms with Gasteiger partial charge in [0.15, 0.2) is 5.82 Å². The van der Waals surface area contributed by atoms with E-state index < -0.39 is 5.97 Å². The number of nitrogens with zero attached hydrogens (tertiary/aromatic N) is 2. The summed E-state index contributed by atoms with van der Waals surface area (Å²) in [5.41, 5.74) is 0. The highest BCUT2D eigenvalue weighted by molar-refractivity contribution is 5.94. The smallest absolute Gasteiger partial charge is 0.305 e. The number of carboxylic acids is 1. The quantitative estimate of drug-likeness (QED) is 0.895. The van der Waals surface area contributed by atoms with Crippen molar-refractivity contribution in [3.63, 3.8) is 0 Å². The molecule has 0 radical (unpaired) electrons. The van der Waals surface area contributed by atoms with Gasteiger partial charge in [0.25, 0.3) is 0 Å². The summed E-state index contributed by atoms with van der Waals surface area (Å²) in [4.78, 5) is 24.8. The van der Waals surface area contributed by atoms with Crippen LogP contribution in [-0.2, 0) is 9.59 Å². The lowest BCUT2D eigenvalue weighted by atomic mass is 9.88. The van der Waals surface area contributed by atoms with E-state index in [2.05, 4.69) is 5.16 Å². The van der Waals surface area contributed by atoms with E-state index in [-0.39, 0.29) is 24.8 Å². The number of anilines is 1. The van der Waals surface area contributed by atoms with Crippen LogP contribution in [0.2, 0.25) is 0 Å². The lowest BCUT2D eigenvalue weighted by Crippen LogP contribution is -2.38. The molecule has 1 aromatic heterocycles. The van der Waals surface area contributed by atoms with Crippen molar-refractivity contribution in [1.29, 1.82) is 0 Å². The van der Waals surface area contributed by atoms with Gasteiger partial charge in [-0.1, -0.05) is 24.4 Å². The van der Waals surface area contributed by atoms with Gasteiger partial charge in [-0.2, -0.15) is 0 Å². The summed E-state index contributed by atoms with van der Waals surface area (Å²) >= 11 is 0. The standard InChI is InChI=1S/C14H20N2O4/c1-10-9-12(15-20-10)16(8-7-13(17)18)14(19)11-5-3-2-4-6-11/h9,11H,2-8H2,1H3,(H,17,18). The van der Waals surface area contributed by atoms with Crippen molar-refractivity contribution in [2.24, 2.45) is 5.92 Å². The number of aryl methyl sites for hydroxylation is 1. The van der Waals surface area contributed by atoms with Crippen LogP contribution in [0.1, 0.15) is 44.3 Å². The Bertz CT molecular complexity index is 477. The van der Waals surface area contributed by atoms with Gasteiger partial charge in [0, 0.05) is 18.5 Å². The van der Waals surface area contributed by atoms with Crippen molar-refractivity contribution in [3.8, 4) is 0 Å². The van der Waals surface area contributed by atoms with Crippen LogP contribution in [0.3, 0.4) is 0 Å². The zero-order valence-corrected chi connectivity index (χ0v) is 11.7. The number of carboxylic acid groups (broad SMARTS) is 1. The molecular weight excluding hydrogens is 260 g/mol. The van der Waals surface area contributed by atoms with E-state index in [0.717, 1.165) is 25.7 Å². The van der Waals surface area contributed by atoms with Crippen molar-refractivity contribution in [1.82, 2.24) is 5.16 Å². The first-order valence-corrected chi connectivity index (χ1v) is 7.04. The minimum Gasteiger partial charge on any atom is -0.481 e. The number of rotatable bonds is 5. The number of carbonyl (C=O) groups is 2. The molecule has 110 valence electrons. The second-order valence-electron chi connectivity index (χ2n) is 5.26. The Morgan fingerprint density at radius 2 is 2.10 bits per heavy atom. The molecule has 0 atom stereocenters. The second kappa shape index (κ2) is 6.54. The third-order valence-electron chi connectivity index (χ3n) is 3.66. The highest BCUT2D eigenvalue weighted by atomic mass is 16.5. The van der Waals surface area contributed by atoms with Crippen molar-refractivity contribution in [2.45, 2.75) is 45.4 Å². The summed E-state index contributed by atoms with van der Waals surface area (Å²) in [6, 6.07) is 1.67. The molecule has 1 saturated carbocycles. The van der Waals surface area contributed by atoms with Gasteiger partial charge in [-0.15, -0.1) is 0 Å². The average molecular weight is 280 g/mol. The molecule has 0 aliphatic heterocycles. The summed E-state index contributed by atoms with van der Waals surface area (Å²) in [5, 5.41) is 12.7. The Labute approximate surface area is 117 Å². The summed E-state index contributed by atoms with van der Waals surface area (Å²) in [6.07, 6.45) is 4.94. The van der Waals surface area contributed by atoms with Crippen LogP contribution in [0, 0.1) is 12.8 Å². The zero-order chi connectivity index (χ0) is 14.5. The Hall–Kier alpha value is -1.85. The Balaban J connectivity index is 2.12. The third-order valence-corrected chi connectivity index (χ3v) is 3.66. The largest absolute Gasteiger partial charge is 0.481 e. The fourth-order valence-electron chi connectivity index (χ4n) is 2.60. The van der Waals surface area contributed by atoms with Gasteiger partial charge in [-0.25, -0.2) is 0 Å². The first-order valence-electron chi connectivity index (χ1n) is 7.04. The first-order chi connectivity index (χ1) is 9.58. The van der Waals surface area contributed by atoms with E-state index in [1.54, 1.807) is 13.0 Å². The summed E-state index contributed by atoms with van der Waals surface area (Å²) < 4.78 is 5.00. The molecule has 1 heterocycles. The number of aromatic nitrogens is 1. The second-order valence-corrected chi connectivity index (χ2v) is 5.26. The molecule has 1 N–H and O–H groups in total.